The first-order valence-corrected chi connectivity index (χ1v) is 9.48. The second-order valence-corrected chi connectivity index (χ2v) is 7.31. The van der Waals surface area contributed by atoms with E-state index in [1.54, 1.807) is 6.33 Å². The molecule has 2 heterocycles. The summed E-state index contributed by atoms with van der Waals surface area (Å²) in [6.45, 7) is 3.91. The lowest BCUT2D eigenvalue weighted by Gasteiger charge is -2.18. The Balaban J connectivity index is 0.00000225. The van der Waals surface area contributed by atoms with Crippen molar-refractivity contribution in [3.63, 3.8) is 0 Å². The van der Waals surface area contributed by atoms with Crippen molar-refractivity contribution in [1.82, 2.24) is 30.3 Å². The molecule has 28 heavy (non-hydrogen) atoms. The topological polar surface area (TPSA) is 105 Å². The van der Waals surface area contributed by atoms with Crippen LogP contribution in [0.5, 0.6) is 0 Å². The highest BCUT2D eigenvalue weighted by atomic mass is 127. The molecule has 2 fully saturated rings. The van der Waals surface area contributed by atoms with Crippen molar-refractivity contribution in [2.24, 2.45) is 35.7 Å². The molecule has 10 heteroatoms. The van der Waals surface area contributed by atoms with Crippen LogP contribution in [0.1, 0.15) is 19.2 Å². The maximum absolute atomic E-state index is 12.7. The summed E-state index contributed by atoms with van der Waals surface area (Å²) < 4.78 is 1.82. The number of imide groups is 1. The molecule has 0 aromatic carbocycles. The van der Waals surface area contributed by atoms with E-state index in [0.29, 0.717) is 32.1 Å². The number of halogens is 1. The van der Waals surface area contributed by atoms with Crippen molar-refractivity contribution in [2.75, 3.05) is 19.6 Å². The molecule has 3 aliphatic rings. The summed E-state index contributed by atoms with van der Waals surface area (Å²) in [5, 5.41) is 14.2. The molecular formula is C18H26IN7O2. The minimum absolute atomic E-state index is 0. The van der Waals surface area contributed by atoms with Gasteiger partial charge in [-0.05, 0) is 25.2 Å². The van der Waals surface area contributed by atoms with E-state index in [-0.39, 0.29) is 59.5 Å². The van der Waals surface area contributed by atoms with Gasteiger partial charge in [0.25, 0.3) is 0 Å². The van der Waals surface area contributed by atoms with Gasteiger partial charge < -0.3 is 15.2 Å². The molecule has 1 aliphatic heterocycles. The Kier molecular flexibility index (Phi) is 6.36. The number of carbonyl (C=O) groups excluding carboxylic acids is 2. The maximum atomic E-state index is 12.7. The van der Waals surface area contributed by atoms with E-state index in [2.05, 4.69) is 38.0 Å². The van der Waals surface area contributed by atoms with Crippen LogP contribution in [-0.4, -0.2) is 57.1 Å². The molecule has 152 valence electrons. The van der Waals surface area contributed by atoms with Crippen molar-refractivity contribution in [1.29, 1.82) is 0 Å². The molecule has 1 aromatic rings. The van der Waals surface area contributed by atoms with Gasteiger partial charge in [-0.15, -0.1) is 34.2 Å². The number of rotatable bonds is 6. The second-order valence-electron chi connectivity index (χ2n) is 7.31. The van der Waals surface area contributed by atoms with Gasteiger partial charge in [0.15, 0.2) is 11.8 Å². The van der Waals surface area contributed by atoms with Gasteiger partial charge in [0.1, 0.15) is 12.9 Å². The second kappa shape index (κ2) is 8.58. The van der Waals surface area contributed by atoms with Crippen molar-refractivity contribution in [3.8, 4) is 0 Å². The predicted molar refractivity (Wildman–Crippen MR) is 114 cm³/mol. The van der Waals surface area contributed by atoms with Crippen LogP contribution in [0.3, 0.4) is 0 Å². The van der Waals surface area contributed by atoms with E-state index in [1.165, 1.54) is 4.90 Å². The number of hydrogen-bond acceptors (Lipinski definition) is 5. The fourth-order valence-corrected chi connectivity index (χ4v) is 4.41. The molecule has 2 bridgehead atoms. The van der Waals surface area contributed by atoms with E-state index >= 15 is 0 Å². The van der Waals surface area contributed by atoms with Gasteiger partial charge >= 0.3 is 0 Å². The van der Waals surface area contributed by atoms with Crippen LogP contribution < -0.4 is 10.6 Å². The molecule has 4 rings (SSSR count). The minimum Gasteiger partial charge on any atom is -0.357 e. The zero-order valence-corrected chi connectivity index (χ0v) is 18.4. The average molecular weight is 499 g/mol. The maximum Gasteiger partial charge on any atom is 0.233 e. The van der Waals surface area contributed by atoms with Crippen molar-refractivity contribution < 1.29 is 9.59 Å². The monoisotopic (exact) mass is 499 g/mol. The Morgan fingerprint density at radius 3 is 2.46 bits per heavy atom. The number of guanidine groups is 1. The summed E-state index contributed by atoms with van der Waals surface area (Å²) in [5.74, 6) is 1.60. The van der Waals surface area contributed by atoms with Gasteiger partial charge in [0.2, 0.25) is 11.8 Å². The van der Waals surface area contributed by atoms with Crippen LogP contribution in [-0.2, 0) is 23.2 Å². The SMILES string of the molecule is CCNC(=NCc1nncn1C)NCCN1C(=O)C2C3C=CC(C3)C2C1=O.I. The number of amides is 2. The average Bonchev–Trinajstić information content (AvgIpc) is 3.41. The normalized spacial score (nSPS) is 27.9. The van der Waals surface area contributed by atoms with Crippen LogP contribution in [0.25, 0.3) is 0 Å². The summed E-state index contributed by atoms with van der Waals surface area (Å²) in [7, 11) is 1.87. The fraction of sp³-hybridized carbons (Fsp3) is 0.611. The number of aryl methyl sites for hydroxylation is 1. The predicted octanol–water partition coefficient (Wildman–Crippen LogP) is 0.295. The molecule has 4 atom stereocenters. The Hall–Kier alpha value is -1.98. The molecule has 4 unspecified atom stereocenters. The van der Waals surface area contributed by atoms with E-state index in [4.69, 9.17) is 0 Å². The van der Waals surface area contributed by atoms with Gasteiger partial charge in [-0.25, -0.2) is 4.99 Å². The van der Waals surface area contributed by atoms with E-state index < -0.39 is 0 Å². The van der Waals surface area contributed by atoms with Gasteiger partial charge in [0.05, 0.1) is 11.8 Å². The molecule has 0 radical (unpaired) electrons. The lowest BCUT2D eigenvalue weighted by molar-refractivity contribution is -0.140. The molecule has 1 aromatic heterocycles. The summed E-state index contributed by atoms with van der Waals surface area (Å²) >= 11 is 0. The number of carbonyl (C=O) groups is 2. The number of hydrogen-bond donors (Lipinski definition) is 2. The number of nitrogens with one attached hydrogen (secondary N) is 2. The van der Waals surface area contributed by atoms with Crippen molar-refractivity contribution >= 4 is 41.8 Å². The van der Waals surface area contributed by atoms with Gasteiger partial charge in [-0.3, -0.25) is 14.5 Å². The number of aliphatic imine (C=N–C) groups is 1. The Morgan fingerprint density at radius 2 is 1.89 bits per heavy atom. The summed E-state index contributed by atoms with van der Waals surface area (Å²) in [4.78, 5) is 31.3. The number of nitrogens with zero attached hydrogens (tertiary/aromatic N) is 5. The highest BCUT2D eigenvalue weighted by molar-refractivity contribution is 14.0. The van der Waals surface area contributed by atoms with E-state index in [9.17, 15) is 9.59 Å². The molecule has 1 saturated carbocycles. The first-order chi connectivity index (χ1) is 13.1. The largest absolute Gasteiger partial charge is 0.357 e. The van der Waals surface area contributed by atoms with Crippen LogP contribution in [0.2, 0.25) is 0 Å². The lowest BCUT2D eigenvalue weighted by atomic mass is 9.85. The van der Waals surface area contributed by atoms with E-state index in [0.717, 1.165) is 12.2 Å². The third kappa shape index (κ3) is 3.65. The summed E-state index contributed by atoms with van der Waals surface area (Å²) in [6.07, 6.45) is 6.81. The first-order valence-electron chi connectivity index (χ1n) is 9.48. The standard InChI is InChI=1S/C18H25N7O2.HI/c1-3-19-18(21-9-13-23-22-10-24(13)2)20-6-7-25-16(26)14-11-4-5-12(8-11)15(14)17(25)27;/h4-5,10-12,14-15H,3,6-9H2,1-2H3,(H2,19,20,21);1H. The quantitative estimate of drug-likeness (QED) is 0.192. The van der Waals surface area contributed by atoms with Crippen molar-refractivity contribution in [2.45, 2.75) is 19.9 Å². The Labute approximate surface area is 181 Å². The van der Waals surface area contributed by atoms with Crippen LogP contribution in [0, 0.1) is 23.7 Å². The van der Waals surface area contributed by atoms with Gasteiger partial charge in [-0.1, -0.05) is 12.2 Å². The zero-order chi connectivity index (χ0) is 19.0. The smallest absolute Gasteiger partial charge is 0.233 e. The highest BCUT2D eigenvalue weighted by Gasteiger charge is 2.58. The number of fused-ring (bicyclic) bond motifs is 5. The fourth-order valence-electron chi connectivity index (χ4n) is 4.41. The minimum atomic E-state index is -0.134. The molecule has 2 amide bonds. The third-order valence-corrected chi connectivity index (χ3v) is 5.72. The number of allylic oxidation sites excluding steroid dienone is 2. The number of likely N-dealkylation sites (tertiary alicyclic amines) is 1. The van der Waals surface area contributed by atoms with Crippen LogP contribution >= 0.6 is 24.0 Å². The zero-order valence-electron chi connectivity index (χ0n) is 16.0. The highest BCUT2D eigenvalue weighted by Crippen LogP contribution is 2.52. The van der Waals surface area contributed by atoms with E-state index in [1.807, 2.05) is 18.5 Å². The van der Waals surface area contributed by atoms with Gasteiger partial charge in [0, 0.05) is 26.7 Å². The number of aromatic nitrogens is 3. The summed E-state index contributed by atoms with van der Waals surface area (Å²) in [5.41, 5.74) is 0. The molecule has 2 N–H and O–H groups in total. The first kappa shape index (κ1) is 20.7. The Morgan fingerprint density at radius 1 is 1.21 bits per heavy atom. The third-order valence-electron chi connectivity index (χ3n) is 5.72. The molecular weight excluding hydrogens is 473 g/mol. The molecule has 9 nitrogen and oxygen atoms in total. The molecule has 2 aliphatic carbocycles. The van der Waals surface area contributed by atoms with Crippen LogP contribution in [0.15, 0.2) is 23.5 Å². The van der Waals surface area contributed by atoms with Crippen molar-refractivity contribution in [3.05, 3.63) is 24.3 Å². The summed E-state index contributed by atoms with van der Waals surface area (Å²) in [6, 6.07) is 0. The van der Waals surface area contributed by atoms with Gasteiger partial charge in [-0.2, -0.15) is 0 Å². The Bertz CT molecular complexity index is 776. The molecule has 0 spiro atoms. The van der Waals surface area contributed by atoms with Crippen LogP contribution in [0.4, 0.5) is 0 Å². The molecule has 1 saturated heterocycles. The lowest BCUT2D eigenvalue weighted by Crippen LogP contribution is -2.43.